The maximum absolute atomic E-state index is 6.20. The molecule has 0 saturated carbocycles. The molecule has 3 atom stereocenters. The molecule has 2 aliphatic heterocycles. The topological polar surface area (TPSA) is 18.5 Å². The number of hydrogen-bond acceptors (Lipinski definition) is 2. The van der Waals surface area contributed by atoms with Crippen LogP contribution in [0.25, 0.3) is 0 Å². The molecule has 2 heterocycles. The van der Waals surface area contributed by atoms with E-state index in [-0.39, 0.29) is 5.79 Å². The second-order valence-electron chi connectivity index (χ2n) is 5.15. The van der Waals surface area contributed by atoms with Crippen molar-refractivity contribution in [1.82, 2.24) is 0 Å². The normalized spacial score (nSPS) is 42.0. The molecule has 0 aromatic rings. The maximum atomic E-state index is 6.20. The van der Waals surface area contributed by atoms with Gasteiger partial charge in [-0.25, -0.2) is 0 Å². The van der Waals surface area contributed by atoms with E-state index in [0.717, 1.165) is 12.8 Å². The Morgan fingerprint density at radius 1 is 1.13 bits per heavy atom. The van der Waals surface area contributed by atoms with Gasteiger partial charge in [-0.1, -0.05) is 13.3 Å². The van der Waals surface area contributed by atoms with Gasteiger partial charge in [-0.15, -0.1) is 0 Å². The van der Waals surface area contributed by atoms with Gasteiger partial charge >= 0.3 is 0 Å². The molecule has 2 aliphatic rings. The third kappa shape index (κ3) is 2.73. The second kappa shape index (κ2) is 4.84. The average molecular weight is 212 g/mol. The van der Waals surface area contributed by atoms with Gasteiger partial charge in [0.1, 0.15) is 0 Å². The molecule has 0 aromatic heterocycles. The van der Waals surface area contributed by atoms with Crippen LogP contribution in [0.15, 0.2) is 0 Å². The monoisotopic (exact) mass is 212 g/mol. The Hall–Kier alpha value is -0.0800. The lowest BCUT2D eigenvalue weighted by molar-refractivity contribution is -0.312. The van der Waals surface area contributed by atoms with Gasteiger partial charge in [0.15, 0.2) is 5.79 Å². The number of rotatable bonds is 2. The maximum Gasteiger partial charge on any atom is 0.169 e. The minimum Gasteiger partial charge on any atom is -0.347 e. The van der Waals surface area contributed by atoms with Crippen LogP contribution in [-0.4, -0.2) is 18.0 Å². The summed E-state index contributed by atoms with van der Waals surface area (Å²) in [6, 6.07) is 0. The van der Waals surface area contributed by atoms with Crippen molar-refractivity contribution in [2.24, 2.45) is 0 Å². The first-order chi connectivity index (χ1) is 7.24. The van der Waals surface area contributed by atoms with Crippen molar-refractivity contribution in [1.29, 1.82) is 0 Å². The molecule has 0 bridgehead atoms. The van der Waals surface area contributed by atoms with Crippen LogP contribution in [0.5, 0.6) is 0 Å². The lowest BCUT2D eigenvalue weighted by Crippen LogP contribution is -2.47. The zero-order valence-corrected chi connectivity index (χ0v) is 10.1. The summed E-state index contributed by atoms with van der Waals surface area (Å²) in [7, 11) is 0. The molecule has 0 aliphatic carbocycles. The van der Waals surface area contributed by atoms with Crippen LogP contribution in [-0.2, 0) is 9.47 Å². The second-order valence-corrected chi connectivity index (χ2v) is 5.15. The van der Waals surface area contributed by atoms with Gasteiger partial charge in [-0.05, 0) is 39.0 Å². The van der Waals surface area contributed by atoms with Crippen LogP contribution < -0.4 is 0 Å². The third-order valence-corrected chi connectivity index (χ3v) is 3.66. The minimum absolute atomic E-state index is 0.199. The number of ether oxygens (including phenoxy) is 2. The molecule has 88 valence electrons. The first-order valence-corrected chi connectivity index (χ1v) is 6.60. The molecular formula is C13H24O2. The first kappa shape index (κ1) is 11.4. The Labute approximate surface area is 93.3 Å². The molecule has 1 spiro atoms. The highest BCUT2D eigenvalue weighted by molar-refractivity contribution is 4.82. The Morgan fingerprint density at radius 3 is 2.53 bits per heavy atom. The van der Waals surface area contributed by atoms with Crippen LogP contribution >= 0.6 is 0 Å². The van der Waals surface area contributed by atoms with Gasteiger partial charge in [0.25, 0.3) is 0 Å². The van der Waals surface area contributed by atoms with E-state index in [4.69, 9.17) is 9.47 Å². The van der Waals surface area contributed by atoms with Crippen molar-refractivity contribution >= 4 is 0 Å². The predicted octanol–water partition coefficient (Wildman–Crippen LogP) is 3.64. The standard InChI is InChI=1S/C13H24O2/c1-3-6-12-8-5-10-13(15-12)9-4-7-11(2)14-13/h11-12H,3-10H2,1-2H3. The third-order valence-electron chi connectivity index (χ3n) is 3.66. The van der Waals surface area contributed by atoms with Gasteiger partial charge in [0.2, 0.25) is 0 Å². The van der Waals surface area contributed by atoms with Gasteiger partial charge in [0.05, 0.1) is 12.2 Å². The molecule has 0 aromatic carbocycles. The summed E-state index contributed by atoms with van der Waals surface area (Å²) in [6.07, 6.45) is 10.4. The minimum atomic E-state index is -0.199. The summed E-state index contributed by atoms with van der Waals surface area (Å²) >= 11 is 0. The molecule has 0 radical (unpaired) electrons. The summed E-state index contributed by atoms with van der Waals surface area (Å²) in [5, 5.41) is 0. The predicted molar refractivity (Wildman–Crippen MR) is 60.8 cm³/mol. The fraction of sp³-hybridized carbons (Fsp3) is 1.00. The molecule has 0 N–H and O–H groups in total. The Balaban J connectivity index is 1.94. The Kier molecular flexibility index (Phi) is 3.68. The van der Waals surface area contributed by atoms with Crippen LogP contribution in [0.2, 0.25) is 0 Å². The fourth-order valence-corrected chi connectivity index (χ4v) is 2.96. The Morgan fingerprint density at radius 2 is 1.87 bits per heavy atom. The van der Waals surface area contributed by atoms with Crippen LogP contribution in [0.3, 0.4) is 0 Å². The quantitative estimate of drug-likeness (QED) is 0.695. The summed E-state index contributed by atoms with van der Waals surface area (Å²) in [5.74, 6) is -0.199. The van der Waals surface area contributed by atoms with Gasteiger partial charge < -0.3 is 9.47 Å². The van der Waals surface area contributed by atoms with Crippen LogP contribution in [0.4, 0.5) is 0 Å². The zero-order chi connectivity index (χ0) is 10.7. The van der Waals surface area contributed by atoms with Crippen molar-refractivity contribution in [3.8, 4) is 0 Å². The molecule has 2 rings (SSSR count). The van der Waals surface area contributed by atoms with E-state index < -0.39 is 0 Å². The molecule has 3 unspecified atom stereocenters. The zero-order valence-electron chi connectivity index (χ0n) is 10.1. The van der Waals surface area contributed by atoms with E-state index in [9.17, 15) is 0 Å². The van der Waals surface area contributed by atoms with E-state index in [0.29, 0.717) is 12.2 Å². The smallest absolute Gasteiger partial charge is 0.169 e. The highest BCUT2D eigenvalue weighted by atomic mass is 16.7. The number of hydrogen-bond donors (Lipinski definition) is 0. The van der Waals surface area contributed by atoms with Crippen molar-refractivity contribution in [3.63, 3.8) is 0 Å². The van der Waals surface area contributed by atoms with E-state index >= 15 is 0 Å². The van der Waals surface area contributed by atoms with Crippen LogP contribution in [0, 0.1) is 0 Å². The molecule has 0 amide bonds. The van der Waals surface area contributed by atoms with E-state index in [1.165, 1.54) is 38.5 Å². The highest BCUT2D eigenvalue weighted by Gasteiger charge is 2.41. The lowest BCUT2D eigenvalue weighted by atomic mass is 9.92. The average Bonchev–Trinajstić information content (AvgIpc) is 2.17. The van der Waals surface area contributed by atoms with Crippen molar-refractivity contribution < 1.29 is 9.47 Å². The summed E-state index contributed by atoms with van der Waals surface area (Å²) in [4.78, 5) is 0. The lowest BCUT2D eigenvalue weighted by Gasteiger charge is -2.45. The van der Waals surface area contributed by atoms with E-state index in [2.05, 4.69) is 13.8 Å². The highest BCUT2D eigenvalue weighted by Crippen LogP contribution is 2.39. The van der Waals surface area contributed by atoms with Gasteiger partial charge in [-0.3, -0.25) is 0 Å². The van der Waals surface area contributed by atoms with Gasteiger partial charge in [0, 0.05) is 12.8 Å². The molecule has 15 heavy (non-hydrogen) atoms. The molecule has 2 saturated heterocycles. The SMILES string of the molecule is CCCC1CCCC2(CCCC(C)O2)O1. The van der Waals surface area contributed by atoms with E-state index in [1.807, 2.05) is 0 Å². The molecular weight excluding hydrogens is 188 g/mol. The molecule has 2 fully saturated rings. The fourth-order valence-electron chi connectivity index (χ4n) is 2.96. The van der Waals surface area contributed by atoms with E-state index in [1.54, 1.807) is 0 Å². The molecule has 2 heteroatoms. The summed E-state index contributed by atoms with van der Waals surface area (Å²) < 4.78 is 12.3. The van der Waals surface area contributed by atoms with Crippen LogP contribution in [0.1, 0.15) is 65.2 Å². The largest absolute Gasteiger partial charge is 0.347 e. The van der Waals surface area contributed by atoms with Gasteiger partial charge in [-0.2, -0.15) is 0 Å². The Bertz CT molecular complexity index is 199. The van der Waals surface area contributed by atoms with Crippen molar-refractivity contribution in [2.75, 3.05) is 0 Å². The molecule has 2 nitrogen and oxygen atoms in total. The van der Waals surface area contributed by atoms with Crippen molar-refractivity contribution in [2.45, 2.75) is 83.2 Å². The summed E-state index contributed by atoms with van der Waals surface area (Å²) in [5.41, 5.74) is 0. The summed E-state index contributed by atoms with van der Waals surface area (Å²) in [6.45, 7) is 4.41. The van der Waals surface area contributed by atoms with Crippen molar-refractivity contribution in [3.05, 3.63) is 0 Å². The first-order valence-electron chi connectivity index (χ1n) is 6.60.